The largest absolute Gasteiger partial charge is 0.496 e. The van der Waals surface area contributed by atoms with Crippen LogP contribution in [-0.2, 0) is 21.2 Å². The predicted molar refractivity (Wildman–Crippen MR) is 131 cm³/mol. The third-order valence-electron chi connectivity index (χ3n) is 5.36. The second-order valence-electron chi connectivity index (χ2n) is 7.67. The summed E-state index contributed by atoms with van der Waals surface area (Å²) in [7, 11) is -2.40. The van der Waals surface area contributed by atoms with Gasteiger partial charge in [0.1, 0.15) is 5.75 Å². The van der Waals surface area contributed by atoms with Crippen molar-refractivity contribution in [1.82, 2.24) is 4.31 Å². The molecule has 174 valence electrons. The standard InChI is InChI=1S/C25H27ClN2O4S/c1-18-16-21(12-13-24(18)32-3)33(30,31)28(15-14-20-8-5-4-6-9-20)17-25(29)27-23-11-7-10-22(26)19(23)2/h4-13,16H,14-15,17H2,1-3H3,(H,27,29). The molecule has 3 rings (SSSR count). The first-order valence-electron chi connectivity index (χ1n) is 10.5. The van der Waals surface area contributed by atoms with Crippen molar-refractivity contribution in [2.45, 2.75) is 25.2 Å². The van der Waals surface area contributed by atoms with E-state index in [0.29, 0.717) is 28.4 Å². The van der Waals surface area contributed by atoms with Gasteiger partial charge in [0.25, 0.3) is 0 Å². The highest BCUT2D eigenvalue weighted by atomic mass is 35.5. The number of methoxy groups -OCH3 is 1. The van der Waals surface area contributed by atoms with Gasteiger partial charge in [-0.25, -0.2) is 8.42 Å². The van der Waals surface area contributed by atoms with E-state index in [0.717, 1.165) is 11.1 Å². The van der Waals surface area contributed by atoms with Crippen LogP contribution < -0.4 is 10.1 Å². The molecule has 0 heterocycles. The van der Waals surface area contributed by atoms with Gasteiger partial charge in [0, 0.05) is 17.3 Å². The zero-order valence-corrected chi connectivity index (χ0v) is 20.4. The molecule has 0 saturated heterocycles. The van der Waals surface area contributed by atoms with Gasteiger partial charge in [-0.15, -0.1) is 0 Å². The van der Waals surface area contributed by atoms with E-state index in [1.54, 1.807) is 44.2 Å². The third kappa shape index (κ3) is 6.13. The first-order valence-corrected chi connectivity index (χ1v) is 12.3. The number of nitrogens with zero attached hydrogens (tertiary/aromatic N) is 1. The van der Waals surface area contributed by atoms with Crippen LogP contribution in [0.25, 0.3) is 0 Å². The Hall–Kier alpha value is -2.87. The average molecular weight is 487 g/mol. The molecule has 1 amide bonds. The van der Waals surface area contributed by atoms with Crippen LogP contribution in [0.2, 0.25) is 5.02 Å². The summed E-state index contributed by atoms with van der Waals surface area (Å²) in [5.74, 6) is 0.154. The molecule has 0 bridgehead atoms. The van der Waals surface area contributed by atoms with Crippen molar-refractivity contribution in [3.8, 4) is 5.75 Å². The third-order valence-corrected chi connectivity index (χ3v) is 7.61. The second kappa shape index (κ2) is 10.8. The van der Waals surface area contributed by atoms with Gasteiger partial charge in [0.05, 0.1) is 18.6 Å². The van der Waals surface area contributed by atoms with Crippen LogP contribution in [0, 0.1) is 13.8 Å². The smallest absolute Gasteiger partial charge is 0.243 e. The normalized spacial score (nSPS) is 11.4. The molecule has 0 atom stereocenters. The summed E-state index contributed by atoms with van der Waals surface area (Å²) < 4.78 is 33.4. The number of benzene rings is 3. The van der Waals surface area contributed by atoms with Crippen LogP contribution in [0.4, 0.5) is 5.69 Å². The number of rotatable bonds is 9. The van der Waals surface area contributed by atoms with Crippen LogP contribution in [0.1, 0.15) is 16.7 Å². The molecular weight excluding hydrogens is 460 g/mol. The number of amides is 1. The first-order chi connectivity index (χ1) is 15.7. The highest BCUT2D eigenvalue weighted by Gasteiger charge is 2.27. The minimum atomic E-state index is -3.93. The Kier molecular flexibility index (Phi) is 8.13. The van der Waals surface area contributed by atoms with E-state index < -0.39 is 15.9 Å². The highest BCUT2D eigenvalue weighted by Crippen LogP contribution is 2.25. The molecule has 3 aromatic rings. The van der Waals surface area contributed by atoms with E-state index in [9.17, 15) is 13.2 Å². The number of aryl methyl sites for hydroxylation is 1. The Labute approximate surface area is 200 Å². The molecule has 0 unspecified atom stereocenters. The number of carbonyl (C=O) groups is 1. The van der Waals surface area contributed by atoms with Crippen LogP contribution in [0.3, 0.4) is 0 Å². The summed E-state index contributed by atoms with van der Waals surface area (Å²) in [5, 5.41) is 3.31. The van der Waals surface area contributed by atoms with Crippen molar-refractivity contribution in [1.29, 1.82) is 0 Å². The maximum atomic E-state index is 13.5. The number of carbonyl (C=O) groups excluding carboxylic acids is 1. The Bertz CT molecular complexity index is 1230. The number of nitrogens with one attached hydrogen (secondary N) is 1. The number of hydrogen-bond donors (Lipinski definition) is 1. The monoisotopic (exact) mass is 486 g/mol. The fourth-order valence-corrected chi connectivity index (χ4v) is 5.09. The average Bonchev–Trinajstić information content (AvgIpc) is 2.80. The number of ether oxygens (including phenoxy) is 1. The summed E-state index contributed by atoms with van der Waals surface area (Å²) in [4.78, 5) is 13.0. The van der Waals surface area contributed by atoms with Gasteiger partial charge in [-0.2, -0.15) is 4.31 Å². The lowest BCUT2D eigenvalue weighted by molar-refractivity contribution is -0.116. The summed E-state index contributed by atoms with van der Waals surface area (Å²) in [6, 6.07) is 19.4. The molecule has 0 aliphatic rings. The fourth-order valence-electron chi connectivity index (χ4n) is 3.44. The van der Waals surface area contributed by atoms with Crippen molar-refractivity contribution < 1.29 is 17.9 Å². The minimum absolute atomic E-state index is 0.112. The summed E-state index contributed by atoms with van der Waals surface area (Å²) >= 11 is 6.14. The molecule has 6 nitrogen and oxygen atoms in total. The number of anilines is 1. The van der Waals surface area contributed by atoms with Gasteiger partial charge in [-0.05, 0) is 67.3 Å². The molecule has 8 heteroatoms. The van der Waals surface area contributed by atoms with E-state index >= 15 is 0 Å². The Morgan fingerprint density at radius 3 is 2.42 bits per heavy atom. The minimum Gasteiger partial charge on any atom is -0.496 e. The Balaban J connectivity index is 1.87. The molecule has 0 aromatic heterocycles. The SMILES string of the molecule is COc1ccc(S(=O)(=O)N(CCc2ccccc2)CC(=O)Nc2cccc(Cl)c2C)cc1C. The van der Waals surface area contributed by atoms with Crippen molar-refractivity contribution in [2.75, 3.05) is 25.5 Å². The van der Waals surface area contributed by atoms with Crippen LogP contribution in [0.15, 0.2) is 71.6 Å². The van der Waals surface area contributed by atoms with Gasteiger partial charge >= 0.3 is 0 Å². The Morgan fingerprint density at radius 1 is 1.03 bits per heavy atom. The van der Waals surface area contributed by atoms with Gasteiger partial charge < -0.3 is 10.1 Å². The lowest BCUT2D eigenvalue weighted by Crippen LogP contribution is -2.39. The van der Waals surface area contributed by atoms with Crippen molar-refractivity contribution >= 4 is 33.2 Å². The van der Waals surface area contributed by atoms with Crippen molar-refractivity contribution in [2.24, 2.45) is 0 Å². The summed E-state index contributed by atoms with van der Waals surface area (Å²) in [5.41, 5.74) is 2.94. The highest BCUT2D eigenvalue weighted by molar-refractivity contribution is 7.89. The van der Waals surface area contributed by atoms with E-state index in [2.05, 4.69) is 5.32 Å². The summed E-state index contributed by atoms with van der Waals surface area (Å²) in [6.07, 6.45) is 0.471. The Morgan fingerprint density at radius 2 is 1.76 bits per heavy atom. The van der Waals surface area contributed by atoms with Crippen molar-refractivity contribution in [3.63, 3.8) is 0 Å². The second-order valence-corrected chi connectivity index (χ2v) is 10.0. The zero-order valence-electron chi connectivity index (χ0n) is 18.8. The lowest BCUT2D eigenvalue weighted by Gasteiger charge is -2.23. The maximum Gasteiger partial charge on any atom is 0.243 e. The molecule has 0 fully saturated rings. The number of hydrogen-bond acceptors (Lipinski definition) is 4. The molecule has 3 aromatic carbocycles. The van der Waals surface area contributed by atoms with E-state index in [1.165, 1.54) is 17.5 Å². The van der Waals surface area contributed by atoms with Crippen LogP contribution >= 0.6 is 11.6 Å². The summed E-state index contributed by atoms with van der Waals surface area (Å²) in [6.45, 7) is 3.40. The molecule has 0 saturated carbocycles. The quantitative estimate of drug-likeness (QED) is 0.469. The van der Waals surface area contributed by atoms with E-state index in [4.69, 9.17) is 16.3 Å². The fraction of sp³-hybridized carbons (Fsp3) is 0.240. The molecular formula is C25H27ClN2O4S. The van der Waals surface area contributed by atoms with Crippen LogP contribution in [-0.4, -0.2) is 38.8 Å². The predicted octanol–water partition coefficient (Wildman–Crippen LogP) is 4.84. The molecule has 0 radical (unpaired) electrons. The maximum absolute atomic E-state index is 13.5. The lowest BCUT2D eigenvalue weighted by atomic mass is 10.1. The molecule has 33 heavy (non-hydrogen) atoms. The zero-order chi connectivity index (χ0) is 24.0. The van der Waals surface area contributed by atoms with Gasteiger partial charge in [0.15, 0.2) is 0 Å². The molecule has 1 N–H and O–H groups in total. The molecule has 0 aliphatic carbocycles. The number of sulfonamides is 1. The van der Waals surface area contributed by atoms with Gasteiger partial charge in [0.2, 0.25) is 15.9 Å². The molecule has 0 aliphatic heterocycles. The van der Waals surface area contributed by atoms with Crippen molar-refractivity contribution in [3.05, 3.63) is 88.4 Å². The van der Waals surface area contributed by atoms with Gasteiger partial charge in [-0.1, -0.05) is 48.0 Å². The first kappa shape index (κ1) is 24.8. The van der Waals surface area contributed by atoms with E-state index in [1.807, 2.05) is 30.3 Å². The van der Waals surface area contributed by atoms with E-state index in [-0.39, 0.29) is 18.0 Å². The van der Waals surface area contributed by atoms with Gasteiger partial charge in [-0.3, -0.25) is 4.79 Å². The topological polar surface area (TPSA) is 75.7 Å². The molecule has 0 spiro atoms. The van der Waals surface area contributed by atoms with Crippen LogP contribution in [0.5, 0.6) is 5.75 Å². The number of halogens is 1.